The third-order valence-electron chi connectivity index (χ3n) is 6.55. The number of fused-ring (bicyclic) bond motifs is 3. The molecule has 0 unspecified atom stereocenters. The summed E-state index contributed by atoms with van der Waals surface area (Å²) in [6.07, 6.45) is 5.51. The van der Waals surface area contributed by atoms with Gasteiger partial charge in [0.05, 0.1) is 57.4 Å². The third kappa shape index (κ3) is 4.24. The average molecular weight is 527 g/mol. The Morgan fingerprint density at radius 1 is 1.00 bits per heavy atom. The molecule has 0 atom stereocenters. The molecule has 8 nitrogen and oxygen atoms in total. The number of anilines is 1. The van der Waals surface area contributed by atoms with Crippen molar-refractivity contribution in [3.05, 3.63) is 71.9 Å². The van der Waals surface area contributed by atoms with Gasteiger partial charge in [0, 0.05) is 30.2 Å². The van der Waals surface area contributed by atoms with E-state index in [9.17, 15) is 18.4 Å². The molecule has 0 spiro atoms. The van der Waals surface area contributed by atoms with E-state index in [-0.39, 0.29) is 5.56 Å². The van der Waals surface area contributed by atoms with Crippen molar-refractivity contribution in [2.45, 2.75) is 25.4 Å². The molecule has 0 aliphatic carbocycles. The minimum atomic E-state index is -4.65. The van der Waals surface area contributed by atoms with Crippen LogP contribution in [-0.2, 0) is 18.6 Å². The lowest BCUT2D eigenvalue weighted by molar-refractivity contribution is -0.137. The van der Waals surface area contributed by atoms with Crippen LogP contribution in [0.5, 0.6) is 0 Å². The van der Waals surface area contributed by atoms with E-state index >= 15 is 0 Å². The molecule has 0 saturated heterocycles. The van der Waals surface area contributed by atoms with Crippen molar-refractivity contribution in [3.63, 3.8) is 0 Å². The van der Waals surface area contributed by atoms with E-state index in [0.717, 1.165) is 6.07 Å². The number of alkyl halides is 3. The van der Waals surface area contributed by atoms with Crippen molar-refractivity contribution in [2.24, 2.45) is 12.0 Å². The number of aryl methyl sites for hydroxylation is 1. The van der Waals surface area contributed by atoms with Gasteiger partial charge in [0.25, 0.3) is 0 Å². The van der Waals surface area contributed by atoms with Crippen LogP contribution in [0.15, 0.2) is 60.0 Å². The van der Waals surface area contributed by atoms with Gasteiger partial charge in [0.15, 0.2) is 0 Å². The summed E-state index contributed by atoms with van der Waals surface area (Å²) in [5.74, 6) is -0.590. The lowest BCUT2D eigenvalue weighted by atomic mass is 9.91. The highest BCUT2D eigenvalue weighted by molar-refractivity contribution is 6.04. The Morgan fingerprint density at radius 3 is 2.41 bits per heavy atom. The Bertz CT molecular complexity index is 1910. The number of hydrogen-bond acceptors (Lipinski definition) is 6. The highest BCUT2D eigenvalue weighted by atomic mass is 19.4. The average Bonchev–Trinajstić information content (AvgIpc) is 3.20. The highest BCUT2D eigenvalue weighted by Gasteiger charge is 2.34. The van der Waals surface area contributed by atoms with Gasteiger partial charge in [-0.2, -0.15) is 23.4 Å². The smallest absolute Gasteiger partial charge is 0.383 e. The van der Waals surface area contributed by atoms with Crippen molar-refractivity contribution >= 4 is 27.8 Å². The molecular formula is C28H21F3N8. The molecule has 11 heteroatoms. The summed E-state index contributed by atoms with van der Waals surface area (Å²) in [7, 11) is 1.78. The van der Waals surface area contributed by atoms with Crippen LogP contribution in [0.1, 0.15) is 25.1 Å². The number of halogens is 3. The summed E-state index contributed by atoms with van der Waals surface area (Å²) < 4.78 is 44.1. The lowest BCUT2D eigenvalue weighted by Gasteiger charge is -2.15. The molecule has 2 N–H and O–H groups in total. The van der Waals surface area contributed by atoms with E-state index in [0.29, 0.717) is 44.5 Å². The van der Waals surface area contributed by atoms with E-state index in [1.807, 2.05) is 10.6 Å². The second kappa shape index (κ2) is 8.99. The van der Waals surface area contributed by atoms with Crippen molar-refractivity contribution < 1.29 is 13.2 Å². The third-order valence-corrected chi connectivity index (χ3v) is 6.55. The number of aromatic nitrogens is 5. The number of terminal acetylenes is 1. The molecule has 1 aromatic carbocycles. The summed E-state index contributed by atoms with van der Waals surface area (Å²) in [5.41, 5.74) is 8.03. The minimum Gasteiger partial charge on any atom is -0.383 e. The largest absolute Gasteiger partial charge is 0.419 e. The number of nitrogen functional groups attached to an aromatic ring is 1. The molecule has 0 fully saturated rings. The van der Waals surface area contributed by atoms with E-state index < -0.39 is 23.0 Å². The number of nitriles is 1. The van der Waals surface area contributed by atoms with Gasteiger partial charge in [0.1, 0.15) is 5.82 Å². The first kappa shape index (κ1) is 25.5. The number of rotatable bonds is 3. The van der Waals surface area contributed by atoms with Gasteiger partial charge in [-0.1, -0.05) is 12.5 Å². The van der Waals surface area contributed by atoms with Crippen LogP contribution in [0, 0.1) is 23.8 Å². The van der Waals surface area contributed by atoms with E-state index in [4.69, 9.17) is 12.2 Å². The molecule has 0 bridgehead atoms. The van der Waals surface area contributed by atoms with Crippen LogP contribution < -0.4 is 11.4 Å². The summed E-state index contributed by atoms with van der Waals surface area (Å²) in [6, 6.07) is 14.3. The number of pyridine rings is 3. The zero-order valence-electron chi connectivity index (χ0n) is 21.1. The first-order valence-electron chi connectivity index (χ1n) is 11.7. The van der Waals surface area contributed by atoms with Crippen LogP contribution >= 0.6 is 0 Å². The highest BCUT2D eigenvalue weighted by Crippen LogP contribution is 2.36. The quantitative estimate of drug-likeness (QED) is 0.337. The van der Waals surface area contributed by atoms with Crippen LogP contribution in [0.25, 0.3) is 38.8 Å². The fourth-order valence-corrected chi connectivity index (χ4v) is 4.42. The summed E-state index contributed by atoms with van der Waals surface area (Å²) in [5, 5.41) is 10.1. The molecule has 4 aromatic heterocycles. The van der Waals surface area contributed by atoms with Gasteiger partial charge in [0.2, 0.25) is 5.62 Å². The fourth-order valence-electron chi connectivity index (χ4n) is 4.42. The number of hydrogen-bond donors (Lipinski definition) is 1. The lowest BCUT2D eigenvalue weighted by Crippen LogP contribution is -2.23. The number of nitrogens with zero attached hydrogens (tertiary/aromatic N) is 7. The number of benzene rings is 1. The van der Waals surface area contributed by atoms with E-state index in [1.54, 1.807) is 62.1 Å². The molecule has 5 rings (SSSR count). The molecule has 0 aliphatic rings. The Balaban J connectivity index is 1.82. The maximum absolute atomic E-state index is 13.5. The SMILES string of the molecule is C#C/N=c1\n(C)c2cnc3ccc(-c4cnc(N)c(C(F)(F)F)c4)cc3c2n1-c1ccc(C(C)(C)C#N)nc1. The molecule has 0 radical (unpaired) electrons. The van der Waals surface area contributed by atoms with Crippen LogP contribution in [-0.4, -0.2) is 24.1 Å². The van der Waals surface area contributed by atoms with Crippen molar-refractivity contribution in [1.82, 2.24) is 24.1 Å². The molecule has 5 aromatic rings. The van der Waals surface area contributed by atoms with Gasteiger partial charge in [-0.05, 0) is 49.7 Å². The first-order valence-corrected chi connectivity index (χ1v) is 11.7. The van der Waals surface area contributed by atoms with Crippen LogP contribution in [0.4, 0.5) is 19.0 Å². The van der Waals surface area contributed by atoms with Crippen molar-refractivity contribution in [3.8, 4) is 35.4 Å². The van der Waals surface area contributed by atoms with Crippen LogP contribution in [0.3, 0.4) is 0 Å². The number of nitrogens with two attached hydrogens (primary N) is 1. The predicted octanol–water partition coefficient (Wildman–Crippen LogP) is 4.87. The Morgan fingerprint density at radius 2 is 1.77 bits per heavy atom. The zero-order valence-corrected chi connectivity index (χ0v) is 21.1. The maximum Gasteiger partial charge on any atom is 0.419 e. The summed E-state index contributed by atoms with van der Waals surface area (Å²) in [4.78, 5) is 17.1. The van der Waals surface area contributed by atoms with Gasteiger partial charge in [-0.25, -0.2) is 4.98 Å². The fraction of sp³-hybridized carbons (Fsp3) is 0.179. The monoisotopic (exact) mass is 526 g/mol. The Hall–Kier alpha value is -5.16. The molecule has 39 heavy (non-hydrogen) atoms. The van der Waals surface area contributed by atoms with Crippen molar-refractivity contribution in [2.75, 3.05) is 5.73 Å². The Kier molecular flexibility index (Phi) is 5.88. The molecule has 0 saturated carbocycles. The van der Waals surface area contributed by atoms with Crippen molar-refractivity contribution in [1.29, 1.82) is 5.26 Å². The molecule has 0 amide bonds. The van der Waals surface area contributed by atoms with Gasteiger partial charge in [-0.3, -0.25) is 14.5 Å². The standard InChI is InChI=1S/C28H21F3N8/c1-5-34-26-38(4)22-14-35-21-8-6-16(17-11-20(28(29,30)31)25(33)37-12-17)10-19(21)24(22)39(26)18-7-9-23(36-13-18)27(2,3)15-32/h1,6-14H,2-4H3,(H2,33,37)/b34-26+. The second-order valence-electron chi connectivity index (χ2n) is 9.45. The maximum atomic E-state index is 13.5. The zero-order chi connectivity index (χ0) is 28.1. The molecule has 194 valence electrons. The second-order valence-corrected chi connectivity index (χ2v) is 9.45. The van der Waals surface area contributed by atoms with Gasteiger partial charge in [-0.15, -0.1) is 0 Å². The van der Waals surface area contributed by atoms with E-state index in [2.05, 4.69) is 32.1 Å². The van der Waals surface area contributed by atoms with Gasteiger partial charge >= 0.3 is 6.18 Å². The number of imidazole rings is 1. The van der Waals surface area contributed by atoms with Gasteiger partial charge < -0.3 is 10.3 Å². The minimum absolute atomic E-state index is 0.246. The van der Waals surface area contributed by atoms with E-state index in [1.165, 1.54) is 6.20 Å². The molecule has 0 aliphatic heterocycles. The Labute approximate surface area is 220 Å². The topological polar surface area (TPSA) is 111 Å². The summed E-state index contributed by atoms with van der Waals surface area (Å²) >= 11 is 0. The normalized spacial score (nSPS) is 12.6. The molecule has 4 heterocycles. The molecular weight excluding hydrogens is 505 g/mol. The summed E-state index contributed by atoms with van der Waals surface area (Å²) in [6.45, 7) is 3.55. The van der Waals surface area contributed by atoms with Crippen LogP contribution in [0.2, 0.25) is 0 Å². The first-order chi connectivity index (χ1) is 18.5. The predicted molar refractivity (Wildman–Crippen MR) is 141 cm³/mol.